The van der Waals surface area contributed by atoms with E-state index in [0.717, 1.165) is 18.6 Å². The molecule has 3 unspecified atom stereocenters. The van der Waals surface area contributed by atoms with Crippen molar-refractivity contribution < 1.29 is 19.7 Å². The second-order valence-corrected chi connectivity index (χ2v) is 4.78. The Kier molecular flexibility index (Phi) is 4.20. The second-order valence-electron chi connectivity index (χ2n) is 4.78. The predicted molar refractivity (Wildman–Crippen MR) is 62.8 cm³/mol. The first-order chi connectivity index (χ1) is 8.26. The third-order valence-corrected chi connectivity index (χ3v) is 3.62. The van der Waals surface area contributed by atoms with E-state index in [1.54, 1.807) is 0 Å². The van der Waals surface area contributed by atoms with E-state index in [1.165, 1.54) is 12.0 Å². The van der Waals surface area contributed by atoms with E-state index in [9.17, 15) is 0 Å². The van der Waals surface area contributed by atoms with Crippen LogP contribution in [-0.2, 0) is 9.47 Å². The van der Waals surface area contributed by atoms with Gasteiger partial charge < -0.3 is 19.7 Å². The molecule has 1 fully saturated rings. The summed E-state index contributed by atoms with van der Waals surface area (Å²) in [5.41, 5.74) is 1.22. The summed E-state index contributed by atoms with van der Waals surface area (Å²) in [5, 5.41) is 17.8. The average molecular weight is 240 g/mol. The van der Waals surface area contributed by atoms with Gasteiger partial charge in [-0.1, -0.05) is 13.0 Å². The molecule has 0 aromatic rings. The monoisotopic (exact) mass is 240 g/mol. The Bertz CT molecular complexity index is 321. The zero-order valence-electron chi connectivity index (χ0n) is 10.1. The number of allylic oxidation sites excluding steroid dienone is 1. The number of hydrogen-bond donors (Lipinski definition) is 2. The maximum Gasteiger partial charge on any atom is 0.186 e. The number of aliphatic hydroxyl groups is 2. The minimum atomic E-state index is -0.296. The van der Waals surface area contributed by atoms with Crippen molar-refractivity contribution in [2.45, 2.75) is 32.3 Å². The van der Waals surface area contributed by atoms with Crippen molar-refractivity contribution in [3.63, 3.8) is 0 Å². The average Bonchev–Trinajstić information content (AvgIpc) is 2.32. The zero-order valence-corrected chi connectivity index (χ0v) is 10.1. The van der Waals surface area contributed by atoms with Crippen LogP contribution in [0.5, 0.6) is 0 Å². The lowest BCUT2D eigenvalue weighted by atomic mass is 9.74. The molecule has 0 aromatic carbocycles. The van der Waals surface area contributed by atoms with E-state index < -0.39 is 0 Å². The lowest BCUT2D eigenvalue weighted by molar-refractivity contribution is -0.0541. The minimum Gasteiger partial charge on any atom is -0.468 e. The van der Waals surface area contributed by atoms with Gasteiger partial charge in [-0.25, -0.2) is 0 Å². The molecule has 0 aliphatic heterocycles. The minimum absolute atomic E-state index is 0.0615. The van der Waals surface area contributed by atoms with Crippen LogP contribution in [0.3, 0.4) is 0 Å². The molecule has 1 saturated carbocycles. The van der Waals surface area contributed by atoms with E-state index >= 15 is 0 Å². The van der Waals surface area contributed by atoms with E-state index in [1.807, 2.05) is 12.2 Å². The molecule has 0 heterocycles. The Balaban J connectivity index is 2.20. The highest BCUT2D eigenvalue weighted by atomic mass is 16.6. The maximum absolute atomic E-state index is 8.89. The van der Waals surface area contributed by atoms with Crippen LogP contribution in [-0.4, -0.2) is 29.9 Å². The molecule has 0 aromatic heterocycles. The fourth-order valence-corrected chi connectivity index (χ4v) is 2.80. The summed E-state index contributed by atoms with van der Waals surface area (Å²) < 4.78 is 10.6. The lowest BCUT2D eigenvalue weighted by Gasteiger charge is -2.36. The van der Waals surface area contributed by atoms with Gasteiger partial charge in [0.25, 0.3) is 0 Å². The molecule has 3 atom stereocenters. The Morgan fingerprint density at radius 1 is 1.29 bits per heavy atom. The molecule has 2 aliphatic carbocycles. The number of aliphatic hydroxyl groups excluding tert-OH is 2. The maximum atomic E-state index is 8.89. The fraction of sp³-hybridized carbons (Fsp3) is 0.692. The number of fused-ring (bicyclic) bond motifs is 1. The van der Waals surface area contributed by atoms with Gasteiger partial charge in [-0.3, -0.25) is 0 Å². The first kappa shape index (κ1) is 12.6. The summed E-state index contributed by atoms with van der Waals surface area (Å²) in [6.07, 6.45) is 6.89. The van der Waals surface area contributed by atoms with Crippen LogP contribution in [0.15, 0.2) is 23.5 Å². The van der Waals surface area contributed by atoms with Crippen molar-refractivity contribution in [1.82, 2.24) is 0 Å². The summed E-state index contributed by atoms with van der Waals surface area (Å²) in [6.45, 7) is 1.67. The molecule has 0 saturated heterocycles. The highest BCUT2D eigenvalue weighted by Gasteiger charge is 2.34. The second kappa shape index (κ2) is 5.67. The van der Waals surface area contributed by atoms with Gasteiger partial charge in [0, 0.05) is 5.92 Å². The molecule has 2 N–H and O–H groups in total. The SMILES string of the molecule is CC1CCC2C(=C(OCO)C=CC2OCO)C1. The predicted octanol–water partition coefficient (Wildman–Crippen LogP) is 1.55. The van der Waals surface area contributed by atoms with Crippen molar-refractivity contribution in [3.05, 3.63) is 23.5 Å². The smallest absolute Gasteiger partial charge is 0.186 e. The summed E-state index contributed by atoms with van der Waals surface area (Å²) >= 11 is 0. The van der Waals surface area contributed by atoms with E-state index in [2.05, 4.69) is 6.92 Å². The topological polar surface area (TPSA) is 58.9 Å². The molecule has 0 bridgehead atoms. The van der Waals surface area contributed by atoms with Gasteiger partial charge in [0.2, 0.25) is 0 Å². The summed E-state index contributed by atoms with van der Waals surface area (Å²) in [7, 11) is 0. The van der Waals surface area contributed by atoms with Crippen LogP contribution in [0.25, 0.3) is 0 Å². The molecule has 0 spiro atoms. The number of rotatable bonds is 4. The van der Waals surface area contributed by atoms with Gasteiger partial charge in [-0.15, -0.1) is 0 Å². The third kappa shape index (κ3) is 2.70. The summed E-state index contributed by atoms with van der Waals surface area (Å²) in [4.78, 5) is 0. The normalized spacial score (nSPS) is 32.5. The molecule has 0 radical (unpaired) electrons. The molecule has 2 aliphatic rings. The molecule has 2 rings (SSSR count). The molecular formula is C13H20O4. The molecule has 17 heavy (non-hydrogen) atoms. The van der Waals surface area contributed by atoms with E-state index in [4.69, 9.17) is 19.7 Å². The highest BCUT2D eigenvalue weighted by Crippen LogP contribution is 2.41. The highest BCUT2D eigenvalue weighted by molar-refractivity contribution is 5.31. The molecule has 0 amide bonds. The standard InChI is InChI=1S/C13H20O4/c1-9-2-3-10-11(6-9)13(17-8-15)5-4-12(10)16-7-14/h4-5,9-10,12,14-15H,2-3,6-8H2,1H3. The van der Waals surface area contributed by atoms with E-state index in [-0.39, 0.29) is 25.6 Å². The van der Waals surface area contributed by atoms with Crippen LogP contribution >= 0.6 is 0 Å². The van der Waals surface area contributed by atoms with E-state index in [0.29, 0.717) is 5.92 Å². The van der Waals surface area contributed by atoms with Gasteiger partial charge in [-0.2, -0.15) is 0 Å². The molecule has 4 nitrogen and oxygen atoms in total. The molecular weight excluding hydrogens is 220 g/mol. The van der Waals surface area contributed by atoms with Crippen molar-refractivity contribution in [1.29, 1.82) is 0 Å². The largest absolute Gasteiger partial charge is 0.468 e. The lowest BCUT2D eigenvalue weighted by Crippen LogP contribution is -2.32. The Morgan fingerprint density at radius 3 is 2.82 bits per heavy atom. The fourth-order valence-electron chi connectivity index (χ4n) is 2.80. The van der Waals surface area contributed by atoms with Gasteiger partial charge in [0.05, 0.1) is 6.10 Å². The van der Waals surface area contributed by atoms with Crippen LogP contribution in [0.4, 0.5) is 0 Å². The first-order valence-electron chi connectivity index (χ1n) is 6.13. The number of hydrogen-bond acceptors (Lipinski definition) is 4. The van der Waals surface area contributed by atoms with Crippen LogP contribution < -0.4 is 0 Å². The first-order valence-corrected chi connectivity index (χ1v) is 6.13. The van der Waals surface area contributed by atoms with Crippen molar-refractivity contribution in [2.75, 3.05) is 13.6 Å². The summed E-state index contributed by atoms with van der Waals surface area (Å²) in [6, 6.07) is 0. The Hall–Kier alpha value is -0.840. The van der Waals surface area contributed by atoms with Crippen LogP contribution in [0.1, 0.15) is 26.2 Å². The quantitative estimate of drug-likeness (QED) is 0.732. The molecule has 4 heteroatoms. The zero-order chi connectivity index (χ0) is 12.3. The summed E-state index contributed by atoms with van der Waals surface area (Å²) in [5.74, 6) is 1.70. The van der Waals surface area contributed by atoms with Gasteiger partial charge >= 0.3 is 0 Å². The van der Waals surface area contributed by atoms with Crippen LogP contribution in [0, 0.1) is 11.8 Å². The van der Waals surface area contributed by atoms with Gasteiger partial charge in [0.15, 0.2) is 6.79 Å². The van der Waals surface area contributed by atoms with Gasteiger partial charge in [-0.05, 0) is 36.8 Å². The van der Waals surface area contributed by atoms with Crippen molar-refractivity contribution >= 4 is 0 Å². The Labute approximate surface area is 102 Å². The number of ether oxygens (including phenoxy) is 2. The molecule has 96 valence electrons. The van der Waals surface area contributed by atoms with Crippen molar-refractivity contribution in [2.24, 2.45) is 11.8 Å². The third-order valence-electron chi connectivity index (χ3n) is 3.62. The van der Waals surface area contributed by atoms with Crippen molar-refractivity contribution in [3.8, 4) is 0 Å². The van der Waals surface area contributed by atoms with Gasteiger partial charge in [0.1, 0.15) is 12.6 Å². The van der Waals surface area contributed by atoms with Crippen LogP contribution in [0.2, 0.25) is 0 Å². The Morgan fingerprint density at radius 2 is 2.12 bits per heavy atom.